The summed E-state index contributed by atoms with van der Waals surface area (Å²) in [5.74, 6) is 0.164. The zero-order valence-electron chi connectivity index (χ0n) is 9.02. The molecule has 1 aromatic heterocycles. The highest BCUT2D eigenvalue weighted by Crippen LogP contribution is 2.25. The van der Waals surface area contributed by atoms with Crippen LogP contribution in [0.15, 0.2) is 18.3 Å². The lowest BCUT2D eigenvalue weighted by atomic mass is 10.1. The number of aromatic nitrogens is 1. The summed E-state index contributed by atoms with van der Waals surface area (Å²) in [6.07, 6.45) is 2.52. The molecule has 1 atom stereocenters. The standard InChI is InChI=1S/C11H17N3O/c1-9-10-3-2-6-13(10)7-8-14(9)11(15)4-5-12/h2-3,6,9H,4-5,7-8,12H2,1H3. The van der Waals surface area contributed by atoms with Gasteiger partial charge in [-0.15, -0.1) is 0 Å². The number of fused-ring (bicyclic) bond motifs is 1. The summed E-state index contributed by atoms with van der Waals surface area (Å²) < 4.78 is 2.21. The number of nitrogens with two attached hydrogens (primary N) is 1. The van der Waals surface area contributed by atoms with Gasteiger partial charge in [0.1, 0.15) is 0 Å². The molecule has 4 nitrogen and oxygen atoms in total. The van der Waals surface area contributed by atoms with Gasteiger partial charge < -0.3 is 15.2 Å². The minimum Gasteiger partial charge on any atom is -0.348 e. The van der Waals surface area contributed by atoms with Gasteiger partial charge in [0.25, 0.3) is 0 Å². The van der Waals surface area contributed by atoms with Crippen molar-refractivity contribution in [3.63, 3.8) is 0 Å². The Morgan fingerprint density at radius 2 is 2.40 bits per heavy atom. The molecule has 82 valence electrons. The van der Waals surface area contributed by atoms with Crippen molar-refractivity contribution < 1.29 is 4.79 Å². The number of hydrogen-bond acceptors (Lipinski definition) is 2. The highest BCUT2D eigenvalue weighted by Gasteiger charge is 2.26. The monoisotopic (exact) mass is 207 g/mol. The molecule has 1 aromatic rings. The number of carbonyl (C=O) groups is 1. The molecule has 0 aliphatic carbocycles. The van der Waals surface area contributed by atoms with Crippen LogP contribution in [0.5, 0.6) is 0 Å². The zero-order valence-corrected chi connectivity index (χ0v) is 9.02. The molecule has 15 heavy (non-hydrogen) atoms. The SMILES string of the molecule is CC1c2cccn2CCN1C(=O)CCN. The second-order valence-electron chi connectivity index (χ2n) is 3.93. The Labute approximate surface area is 89.7 Å². The summed E-state index contributed by atoms with van der Waals surface area (Å²) in [5, 5.41) is 0. The first-order chi connectivity index (χ1) is 7.24. The number of amides is 1. The van der Waals surface area contributed by atoms with Gasteiger partial charge in [0, 0.05) is 37.9 Å². The van der Waals surface area contributed by atoms with Gasteiger partial charge in [-0.05, 0) is 19.1 Å². The van der Waals surface area contributed by atoms with Crippen LogP contribution >= 0.6 is 0 Å². The summed E-state index contributed by atoms with van der Waals surface area (Å²) in [5.41, 5.74) is 6.62. The van der Waals surface area contributed by atoms with Gasteiger partial charge >= 0.3 is 0 Å². The molecule has 0 radical (unpaired) electrons. The smallest absolute Gasteiger partial charge is 0.224 e. The first kappa shape index (κ1) is 10.2. The fraction of sp³-hybridized carbons (Fsp3) is 0.545. The van der Waals surface area contributed by atoms with E-state index < -0.39 is 0 Å². The first-order valence-corrected chi connectivity index (χ1v) is 5.38. The van der Waals surface area contributed by atoms with Crippen LogP contribution in [0.3, 0.4) is 0 Å². The van der Waals surface area contributed by atoms with Gasteiger partial charge in [-0.25, -0.2) is 0 Å². The van der Waals surface area contributed by atoms with Gasteiger partial charge in [-0.1, -0.05) is 0 Å². The maximum absolute atomic E-state index is 11.8. The lowest BCUT2D eigenvalue weighted by Crippen LogP contribution is -2.41. The largest absolute Gasteiger partial charge is 0.348 e. The summed E-state index contributed by atoms with van der Waals surface area (Å²) in [4.78, 5) is 13.7. The van der Waals surface area contributed by atoms with E-state index >= 15 is 0 Å². The van der Waals surface area contributed by atoms with Crippen molar-refractivity contribution in [3.05, 3.63) is 24.0 Å². The molecule has 0 bridgehead atoms. The van der Waals surface area contributed by atoms with E-state index in [1.165, 1.54) is 5.69 Å². The molecular weight excluding hydrogens is 190 g/mol. The molecule has 2 heterocycles. The highest BCUT2D eigenvalue weighted by molar-refractivity contribution is 5.77. The molecular formula is C11H17N3O. The quantitative estimate of drug-likeness (QED) is 0.777. The van der Waals surface area contributed by atoms with E-state index in [1.54, 1.807) is 0 Å². The molecule has 1 amide bonds. The Morgan fingerprint density at radius 1 is 1.60 bits per heavy atom. The Bertz CT molecular complexity index is 358. The molecule has 0 saturated heterocycles. The maximum atomic E-state index is 11.8. The van der Waals surface area contributed by atoms with Crippen molar-refractivity contribution in [1.29, 1.82) is 0 Å². The molecule has 0 fully saturated rings. The van der Waals surface area contributed by atoms with Gasteiger partial charge in [0.05, 0.1) is 6.04 Å². The third-order valence-electron chi connectivity index (χ3n) is 3.02. The highest BCUT2D eigenvalue weighted by atomic mass is 16.2. The van der Waals surface area contributed by atoms with Crippen molar-refractivity contribution in [3.8, 4) is 0 Å². The van der Waals surface area contributed by atoms with Crippen molar-refractivity contribution in [2.75, 3.05) is 13.1 Å². The third-order valence-corrected chi connectivity index (χ3v) is 3.02. The average Bonchev–Trinajstić information content (AvgIpc) is 2.67. The molecule has 1 unspecified atom stereocenters. The van der Waals surface area contributed by atoms with Crippen molar-refractivity contribution >= 4 is 5.91 Å². The van der Waals surface area contributed by atoms with Crippen molar-refractivity contribution in [2.24, 2.45) is 5.73 Å². The number of carbonyl (C=O) groups excluding carboxylic acids is 1. The van der Waals surface area contributed by atoms with Crippen LogP contribution in [0.25, 0.3) is 0 Å². The predicted octanol–water partition coefficient (Wildman–Crippen LogP) is 0.740. The summed E-state index contributed by atoms with van der Waals surface area (Å²) >= 11 is 0. The van der Waals surface area contributed by atoms with Gasteiger partial charge in [-0.3, -0.25) is 4.79 Å². The predicted molar refractivity (Wildman–Crippen MR) is 58.2 cm³/mol. The third kappa shape index (κ3) is 1.77. The van der Waals surface area contributed by atoms with Crippen LogP contribution in [-0.4, -0.2) is 28.5 Å². The van der Waals surface area contributed by atoms with Crippen LogP contribution in [0.1, 0.15) is 25.1 Å². The Morgan fingerprint density at radius 3 is 3.13 bits per heavy atom. The first-order valence-electron chi connectivity index (χ1n) is 5.38. The number of hydrogen-bond donors (Lipinski definition) is 1. The molecule has 0 aromatic carbocycles. The summed E-state index contributed by atoms with van der Waals surface area (Å²) in [6.45, 7) is 4.19. The zero-order chi connectivity index (χ0) is 10.8. The lowest BCUT2D eigenvalue weighted by molar-refractivity contribution is -0.134. The van der Waals surface area contributed by atoms with E-state index in [2.05, 4.69) is 23.8 Å². The van der Waals surface area contributed by atoms with E-state index in [9.17, 15) is 4.79 Å². The Kier molecular flexibility index (Phi) is 2.77. The molecule has 0 spiro atoms. The average molecular weight is 207 g/mol. The topological polar surface area (TPSA) is 51.3 Å². The van der Waals surface area contributed by atoms with Crippen molar-refractivity contribution in [2.45, 2.75) is 25.9 Å². The molecule has 4 heteroatoms. The summed E-state index contributed by atoms with van der Waals surface area (Å²) in [7, 11) is 0. The number of nitrogens with zero attached hydrogens (tertiary/aromatic N) is 2. The Hall–Kier alpha value is -1.29. The van der Waals surface area contributed by atoms with Crippen LogP contribution in [0.4, 0.5) is 0 Å². The fourth-order valence-corrected chi connectivity index (χ4v) is 2.19. The van der Waals surface area contributed by atoms with Gasteiger partial charge in [0.2, 0.25) is 5.91 Å². The van der Waals surface area contributed by atoms with E-state index in [0.29, 0.717) is 13.0 Å². The molecule has 1 aliphatic rings. The van der Waals surface area contributed by atoms with E-state index in [1.807, 2.05) is 11.0 Å². The van der Waals surface area contributed by atoms with Crippen LogP contribution in [0, 0.1) is 0 Å². The van der Waals surface area contributed by atoms with Crippen LogP contribution in [-0.2, 0) is 11.3 Å². The minimum atomic E-state index is 0.164. The molecule has 2 rings (SSSR count). The molecule has 2 N–H and O–H groups in total. The number of rotatable bonds is 2. The van der Waals surface area contributed by atoms with E-state index in [-0.39, 0.29) is 11.9 Å². The van der Waals surface area contributed by atoms with Crippen LogP contribution in [0.2, 0.25) is 0 Å². The maximum Gasteiger partial charge on any atom is 0.224 e. The van der Waals surface area contributed by atoms with Gasteiger partial charge in [-0.2, -0.15) is 0 Å². The normalized spacial score (nSPS) is 20.1. The van der Waals surface area contributed by atoms with Gasteiger partial charge in [0.15, 0.2) is 0 Å². The summed E-state index contributed by atoms with van der Waals surface area (Å²) in [6, 6.07) is 4.28. The fourth-order valence-electron chi connectivity index (χ4n) is 2.19. The lowest BCUT2D eigenvalue weighted by Gasteiger charge is -2.35. The minimum absolute atomic E-state index is 0.164. The van der Waals surface area contributed by atoms with Crippen LogP contribution < -0.4 is 5.73 Å². The Balaban J connectivity index is 2.16. The molecule has 0 saturated carbocycles. The van der Waals surface area contributed by atoms with Crippen molar-refractivity contribution in [1.82, 2.24) is 9.47 Å². The van der Waals surface area contributed by atoms with E-state index in [0.717, 1.165) is 13.1 Å². The van der Waals surface area contributed by atoms with E-state index in [4.69, 9.17) is 5.73 Å². The second kappa shape index (κ2) is 4.06. The second-order valence-corrected chi connectivity index (χ2v) is 3.93. The molecule has 1 aliphatic heterocycles.